The molecule has 0 aromatic carbocycles. The van der Waals surface area contributed by atoms with Crippen molar-refractivity contribution in [3.63, 3.8) is 0 Å². The van der Waals surface area contributed by atoms with Crippen molar-refractivity contribution in [3.8, 4) is 0 Å². The number of rotatable bonds is 27. The number of aromatic amines is 5. The lowest BCUT2D eigenvalue weighted by atomic mass is 9.91. The van der Waals surface area contributed by atoms with Crippen LogP contribution in [-0.4, -0.2) is 124 Å². The Balaban J connectivity index is 0.000000506. The second kappa shape index (κ2) is 39.9. The number of hydrogen-bond acceptors (Lipinski definition) is 30. The summed E-state index contributed by atoms with van der Waals surface area (Å²) in [5.74, 6) is 1.09. The van der Waals surface area contributed by atoms with Crippen molar-refractivity contribution in [2.24, 2.45) is 27.6 Å². The van der Waals surface area contributed by atoms with Crippen LogP contribution in [0.1, 0.15) is 129 Å². The minimum atomic E-state index is -0.445. The monoisotopic (exact) mass is 1390 g/mol. The number of hydrogen-bond donors (Lipinski definition) is 6. The molecule has 1 atom stereocenters. The molecule has 1 unspecified atom stereocenters. The number of anilines is 1. The van der Waals surface area contributed by atoms with Crippen LogP contribution in [0.15, 0.2) is 17.4 Å². The molecule has 0 aliphatic heterocycles. The van der Waals surface area contributed by atoms with Crippen LogP contribution in [0.25, 0.3) is 0 Å². The smallest absolute Gasteiger partial charge is 0.313 e. The Morgan fingerprint density at radius 3 is 1.09 bits per heavy atom. The van der Waals surface area contributed by atoms with Gasteiger partial charge in [0.1, 0.15) is 25.1 Å². The number of aromatic nitrogens is 10. The molecule has 0 saturated heterocycles. The Hall–Kier alpha value is -2.55. The van der Waals surface area contributed by atoms with E-state index < -0.39 is 21.7 Å². The average molecular weight is 1390 g/mol. The van der Waals surface area contributed by atoms with Crippen molar-refractivity contribution in [3.05, 3.63) is 19.8 Å². The lowest BCUT2D eigenvalue weighted by Gasteiger charge is -2.20. The van der Waals surface area contributed by atoms with Crippen LogP contribution in [-0.2, 0) is 47.7 Å². The molecular formula is C46H73N11O10S14. The molecule has 35 heteroatoms. The number of nitrogens with one attached hydrogen (secondary N) is 6. The fourth-order valence-corrected chi connectivity index (χ4v) is 12.3. The van der Waals surface area contributed by atoms with E-state index in [1.165, 1.54) is 104 Å². The van der Waals surface area contributed by atoms with Crippen LogP contribution in [0.5, 0.6) is 0 Å². The lowest BCUT2D eigenvalue weighted by molar-refractivity contribution is -0.154. The molecule has 5 heterocycles. The molecule has 0 saturated carbocycles. The van der Waals surface area contributed by atoms with E-state index in [-0.39, 0.29) is 54.4 Å². The molecule has 5 aromatic heterocycles. The van der Waals surface area contributed by atoms with Crippen LogP contribution in [0.4, 0.5) is 5.13 Å². The van der Waals surface area contributed by atoms with Gasteiger partial charge in [0.2, 0.25) is 5.13 Å². The van der Waals surface area contributed by atoms with Crippen molar-refractivity contribution in [1.82, 2.24) is 51.0 Å². The van der Waals surface area contributed by atoms with E-state index in [9.17, 15) is 24.0 Å². The Morgan fingerprint density at radius 2 is 0.778 bits per heavy atom. The fraction of sp³-hybridized carbons (Fsp3) is 0.674. The topological polar surface area (TPSA) is 287 Å². The van der Waals surface area contributed by atoms with E-state index >= 15 is 0 Å². The van der Waals surface area contributed by atoms with Crippen molar-refractivity contribution in [1.29, 1.82) is 0 Å². The minimum Gasteiger partial charge on any atom is -0.465 e. The number of carbonyl (C=O) groups excluding carboxylic acids is 5. The second-order valence-corrected chi connectivity index (χ2v) is 32.2. The molecule has 0 fully saturated rings. The summed E-state index contributed by atoms with van der Waals surface area (Å²) in [5.41, 5.74) is -1.68. The number of nitrogens with zero attached hydrogens (tertiary/aromatic N) is 5. The van der Waals surface area contributed by atoms with Crippen LogP contribution in [0.3, 0.4) is 0 Å². The van der Waals surface area contributed by atoms with E-state index in [4.69, 9.17) is 84.8 Å². The molecule has 81 heavy (non-hydrogen) atoms. The average Bonchev–Trinajstić information content (AvgIpc) is 4.31. The molecule has 0 aliphatic carbocycles. The Kier molecular flexibility index (Phi) is 37.7. The van der Waals surface area contributed by atoms with Gasteiger partial charge in [-0.1, -0.05) is 145 Å². The summed E-state index contributed by atoms with van der Waals surface area (Å²) in [7, 11) is 0. The lowest BCUT2D eigenvalue weighted by Crippen LogP contribution is -2.27. The zero-order valence-corrected chi connectivity index (χ0v) is 59.0. The predicted molar refractivity (Wildman–Crippen MR) is 344 cm³/mol. The largest absolute Gasteiger partial charge is 0.465 e. The first-order valence-electron chi connectivity index (χ1n) is 24.8. The van der Waals surface area contributed by atoms with Gasteiger partial charge in [0.05, 0.1) is 27.6 Å². The third kappa shape index (κ3) is 32.5. The highest BCUT2D eigenvalue weighted by Gasteiger charge is 2.29. The zero-order chi connectivity index (χ0) is 61.4. The van der Waals surface area contributed by atoms with Gasteiger partial charge in [-0.05, 0) is 149 Å². The van der Waals surface area contributed by atoms with E-state index in [0.29, 0.717) is 49.6 Å². The van der Waals surface area contributed by atoms with Gasteiger partial charge in [-0.25, -0.2) is 0 Å². The van der Waals surface area contributed by atoms with Crippen LogP contribution in [0.2, 0.25) is 0 Å². The van der Waals surface area contributed by atoms with Crippen molar-refractivity contribution >= 4 is 200 Å². The summed E-state index contributed by atoms with van der Waals surface area (Å²) in [6.07, 6.45) is 3.86. The molecule has 5 rings (SSSR count). The van der Waals surface area contributed by atoms with E-state index in [1.807, 2.05) is 96.9 Å². The van der Waals surface area contributed by atoms with Gasteiger partial charge < -0.3 is 29.0 Å². The quantitative estimate of drug-likeness (QED) is 0.00711. The zero-order valence-electron chi connectivity index (χ0n) is 47.6. The van der Waals surface area contributed by atoms with Crippen molar-refractivity contribution in [2.45, 2.75) is 146 Å². The summed E-state index contributed by atoms with van der Waals surface area (Å²) in [6, 6.07) is 0. The SMILES string of the molecule is CCC(C)(C)C(=O)OCCSc1n[nH]c(=S)s1.CCC(C)(C)C(=O)OCNc1n[nH]c(=S)s1.CCC(C)(C)C(=O)OCSc1n[nH]c(=S)s1.CCC(C)(C)C(=O)OCSc1n[nH]c(=S)s1.CCC(C)C(=O)OCCSc1n[nH]c(=S)s1. The summed E-state index contributed by atoms with van der Waals surface area (Å²) in [5, 5.41) is 36.7. The summed E-state index contributed by atoms with van der Waals surface area (Å²) in [6.45, 7) is 27.6. The molecule has 0 spiro atoms. The van der Waals surface area contributed by atoms with Gasteiger partial charge in [-0.15, -0.1) is 5.10 Å². The fourth-order valence-electron chi connectivity index (χ4n) is 4.05. The highest BCUT2D eigenvalue weighted by Crippen LogP contribution is 2.28. The Morgan fingerprint density at radius 1 is 0.469 bits per heavy atom. The molecule has 21 nitrogen and oxygen atoms in total. The summed E-state index contributed by atoms with van der Waals surface area (Å²) >= 11 is 37.2. The van der Waals surface area contributed by atoms with Gasteiger partial charge in [0.25, 0.3) is 0 Å². The maximum atomic E-state index is 11.6. The highest BCUT2D eigenvalue weighted by atomic mass is 32.2. The highest BCUT2D eigenvalue weighted by molar-refractivity contribution is 8.01. The summed E-state index contributed by atoms with van der Waals surface area (Å²) in [4.78, 5) is 57.8. The van der Waals surface area contributed by atoms with Crippen LogP contribution < -0.4 is 5.32 Å². The number of H-pyrrole nitrogens is 5. The van der Waals surface area contributed by atoms with Gasteiger partial charge in [-0.2, -0.15) is 20.4 Å². The van der Waals surface area contributed by atoms with Gasteiger partial charge in [-0.3, -0.25) is 49.5 Å². The molecule has 0 bridgehead atoms. The van der Waals surface area contributed by atoms with E-state index in [0.717, 1.165) is 49.5 Å². The van der Waals surface area contributed by atoms with Gasteiger partial charge in [0, 0.05) is 11.5 Å². The first kappa shape index (κ1) is 76.5. The standard InChI is InChI=1S/C10H16N2O2S3.C9H15N3O2S2.3C9H14N2O2S3/c1-4-10(2,3)7(13)14-5-6-16-9-12-11-8(15)17-9;1-4-9(2,3)6(13)14-5-10-7-11-12-8(15)16-7;2*1-4-9(2,3)6(12)13-5-15-8-11-10-7(14)16-8;1-3-6(2)7(12)13-4-5-15-9-11-10-8(14)16-9/h4-6H2,1-3H3,(H,11,15);4-5H2,1-3H3,(H,10,11)(H,12,15);2*4-5H2,1-3H3,(H,10,14);6H,3-5H2,1-2H3,(H,10,14). The predicted octanol–water partition coefficient (Wildman–Crippen LogP) is 15.2. The van der Waals surface area contributed by atoms with Gasteiger partial charge in [0.15, 0.2) is 43.9 Å². The molecule has 0 radical (unpaired) electrons. The number of esters is 5. The van der Waals surface area contributed by atoms with Crippen molar-refractivity contribution in [2.75, 3.05) is 48.6 Å². The van der Waals surface area contributed by atoms with Crippen molar-refractivity contribution < 1.29 is 47.7 Å². The van der Waals surface area contributed by atoms with E-state index in [1.54, 1.807) is 0 Å². The minimum absolute atomic E-state index is 0.0163. The molecular weight excluding hydrogens is 1320 g/mol. The first-order chi connectivity index (χ1) is 37.9. The molecule has 456 valence electrons. The Bertz CT molecular complexity index is 2760. The third-order valence-electron chi connectivity index (χ3n) is 11.1. The number of ether oxygens (including phenoxy) is 5. The third-order valence-corrected chi connectivity index (χ3v) is 20.7. The number of carbonyl (C=O) groups is 5. The van der Waals surface area contributed by atoms with Crippen LogP contribution >= 0.6 is 165 Å². The molecule has 0 aliphatic rings. The molecule has 6 N–H and O–H groups in total. The second-order valence-electron chi connectivity index (χ2n) is 18.8. The van der Waals surface area contributed by atoms with Crippen LogP contribution in [0, 0.1) is 47.3 Å². The number of thioether (sulfide) groups is 4. The normalized spacial score (nSPS) is 11.6. The maximum absolute atomic E-state index is 11.6. The Labute approximate surface area is 535 Å². The first-order valence-corrected chi connectivity index (χ1v) is 34.9. The maximum Gasteiger partial charge on any atom is 0.313 e. The molecule has 0 amide bonds. The molecule has 5 aromatic rings. The van der Waals surface area contributed by atoms with E-state index in [2.05, 4.69) is 56.3 Å². The van der Waals surface area contributed by atoms with Gasteiger partial charge >= 0.3 is 29.8 Å². The summed E-state index contributed by atoms with van der Waals surface area (Å²) < 4.78 is 32.2.